The minimum atomic E-state index is -0.371. The van der Waals surface area contributed by atoms with Gasteiger partial charge in [-0.15, -0.1) is 12.4 Å². The number of benzene rings is 2. The van der Waals surface area contributed by atoms with Crippen molar-refractivity contribution < 1.29 is 18.7 Å². The summed E-state index contributed by atoms with van der Waals surface area (Å²) in [7, 11) is 0. The number of rotatable bonds is 7. The molecule has 3 aliphatic rings. The number of hydrogen-bond acceptors (Lipinski definition) is 7. The van der Waals surface area contributed by atoms with E-state index in [4.69, 9.17) is 20.2 Å². The van der Waals surface area contributed by atoms with Gasteiger partial charge in [0.25, 0.3) is 5.91 Å². The van der Waals surface area contributed by atoms with Gasteiger partial charge in [0.1, 0.15) is 11.5 Å². The number of nitrogens with one attached hydrogen (secondary N) is 1. The van der Waals surface area contributed by atoms with Crippen LogP contribution in [0, 0.1) is 11.7 Å². The van der Waals surface area contributed by atoms with Crippen molar-refractivity contribution in [2.45, 2.75) is 37.3 Å². The third kappa shape index (κ3) is 6.44. The highest BCUT2D eigenvalue weighted by Crippen LogP contribution is 2.53. The van der Waals surface area contributed by atoms with E-state index >= 15 is 0 Å². The molecule has 3 heterocycles. The SMILES string of the molecule is Cl.NC(c1cc(C(=O)NC2CCOCC2)nc(-c2ccc(N3CCOCC3)cc2)n1)[C@@H]1C[C@@H]1c1ccc(F)cc1. The minimum Gasteiger partial charge on any atom is -0.381 e. The first-order valence-corrected chi connectivity index (χ1v) is 13.8. The number of aromatic nitrogens is 2. The summed E-state index contributed by atoms with van der Waals surface area (Å²) in [5, 5.41) is 3.11. The molecule has 8 nitrogen and oxygen atoms in total. The molecule has 1 aliphatic carbocycles. The van der Waals surface area contributed by atoms with Gasteiger partial charge in [0, 0.05) is 43.6 Å². The Labute approximate surface area is 239 Å². The fourth-order valence-corrected chi connectivity index (χ4v) is 5.55. The normalized spacial score (nSPS) is 21.8. The van der Waals surface area contributed by atoms with Crippen LogP contribution in [-0.2, 0) is 9.47 Å². The second-order valence-corrected chi connectivity index (χ2v) is 10.6. The Bertz CT molecular complexity index is 1300. The Kier molecular flexibility index (Phi) is 8.95. The van der Waals surface area contributed by atoms with E-state index in [9.17, 15) is 9.18 Å². The predicted molar refractivity (Wildman–Crippen MR) is 153 cm³/mol. The number of nitrogens with two attached hydrogens (primary N) is 1. The van der Waals surface area contributed by atoms with E-state index in [1.807, 2.05) is 24.3 Å². The van der Waals surface area contributed by atoms with Crippen LogP contribution >= 0.6 is 12.4 Å². The maximum atomic E-state index is 13.4. The molecular formula is C30H35ClFN5O3. The largest absolute Gasteiger partial charge is 0.381 e. The molecular weight excluding hydrogens is 533 g/mol. The van der Waals surface area contributed by atoms with E-state index in [1.54, 1.807) is 6.07 Å². The molecule has 3 atom stereocenters. The average molecular weight is 568 g/mol. The van der Waals surface area contributed by atoms with Gasteiger partial charge in [0.05, 0.1) is 24.9 Å². The van der Waals surface area contributed by atoms with Gasteiger partial charge >= 0.3 is 0 Å². The van der Waals surface area contributed by atoms with Crippen LogP contribution in [0.25, 0.3) is 11.4 Å². The van der Waals surface area contributed by atoms with Crippen LogP contribution in [0.15, 0.2) is 54.6 Å². The Morgan fingerprint density at radius 1 is 0.975 bits per heavy atom. The molecule has 0 bridgehead atoms. The first-order valence-electron chi connectivity index (χ1n) is 13.8. The molecule has 10 heteroatoms. The van der Waals surface area contributed by atoms with Crippen molar-refractivity contribution >= 4 is 24.0 Å². The van der Waals surface area contributed by atoms with Gasteiger partial charge < -0.3 is 25.4 Å². The van der Waals surface area contributed by atoms with E-state index in [-0.39, 0.29) is 48.1 Å². The molecule has 3 aromatic rings. The van der Waals surface area contributed by atoms with E-state index in [0.29, 0.717) is 30.4 Å². The summed E-state index contributed by atoms with van der Waals surface area (Å²) in [6.07, 6.45) is 2.45. The third-order valence-electron chi connectivity index (χ3n) is 7.98. The summed E-state index contributed by atoms with van der Waals surface area (Å²) in [6, 6.07) is 16.1. The molecule has 1 unspecified atom stereocenters. The molecule has 3 N–H and O–H groups in total. The monoisotopic (exact) mass is 567 g/mol. The van der Waals surface area contributed by atoms with Crippen molar-refractivity contribution in [2.24, 2.45) is 11.7 Å². The molecule has 1 amide bonds. The highest BCUT2D eigenvalue weighted by molar-refractivity contribution is 5.93. The first-order chi connectivity index (χ1) is 19.0. The lowest BCUT2D eigenvalue weighted by Gasteiger charge is -2.28. The predicted octanol–water partition coefficient (Wildman–Crippen LogP) is 4.25. The highest BCUT2D eigenvalue weighted by atomic mass is 35.5. The zero-order chi connectivity index (χ0) is 26.8. The van der Waals surface area contributed by atoms with Crippen LogP contribution in [0.3, 0.4) is 0 Å². The fourth-order valence-electron chi connectivity index (χ4n) is 5.55. The van der Waals surface area contributed by atoms with Crippen molar-refractivity contribution in [3.63, 3.8) is 0 Å². The lowest BCUT2D eigenvalue weighted by molar-refractivity contribution is 0.0694. The highest BCUT2D eigenvalue weighted by Gasteiger charge is 2.43. The minimum absolute atomic E-state index is 0. The maximum absolute atomic E-state index is 13.4. The lowest BCUT2D eigenvalue weighted by Crippen LogP contribution is -2.39. The fraction of sp³-hybridized carbons (Fsp3) is 0.433. The molecule has 0 radical (unpaired) electrons. The lowest BCUT2D eigenvalue weighted by atomic mass is 10.0. The smallest absolute Gasteiger partial charge is 0.270 e. The summed E-state index contributed by atoms with van der Waals surface area (Å²) in [4.78, 5) is 25.1. The molecule has 0 spiro atoms. The Morgan fingerprint density at radius 2 is 1.65 bits per heavy atom. The third-order valence-corrected chi connectivity index (χ3v) is 7.98. The van der Waals surface area contributed by atoms with Gasteiger partial charge in [-0.2, -0.15) is 0 Å². The van der Waals surface area contributed by atoms with Crippen LogP contribution in [0.1, 0.15) is 53.0 Å². The first kappa shape index (κ1) is 28.4. The zero-order valence-electron chi connectivity index (χ0n) is 22.3. The van der Waals surface area contributed by atoms with Crippen molar-refractivity contribution in [1.82, 2.24) is 15.3 Å². The number of anilines is 1. The number of morpholine rings is 1. The van der Waals surface area contributed by atoms with Gasteiger partial charge in [-0.05, 0) is 79.1 Å². The van der Waals surface area contributed by atoms with E-state index in [2.05, 4.69) is 27.3 Å². The molecule has 40 heavy (non-hydrogen) atoms. The van der Waals surface area contributed by atoms with E-state index in [1.165, 1.54) is 12.1 Å². The number of halogens is 2. The van der Waals surface area contributed by atoms with Crippen molar-refractivity contribution in [2.75, 3.05) is 44.4 Å². The molecule has 1 saturated carbocycles. The van der Waals surface area contributed by atoms with E-state index < -0.39 is 0 Å². The molecule has 2 aromatic carbocycles. The standard InChI is InChI=1S/C30H34FN5O3.ClH/c31-21-5-1-19(2-6-21)24-17-25(24)28(32)26-18-27(30(37)33-22-9-13-38-14-10-22)35-29(34-26)20-3-7-23(8-4-20)36-11-15-39-16-12-36;/h1-8,18,22,24-25,28H,9-17,32H2,(H,33,37);1H/t24-,25-,28?;/m1./s1. The molecule has 6 rings (SSSR count). The zero-order valence-corrected chi connectivity index (χ0v) is 23.1. The number of carbonyl (C=O) groups excluding carboxylic acids is 1. The molecule has 212 valence electrons. The van der Waals surface area contributed by atoms with Crippen LogP contribution in [-0.4, -0.2) is 61.4 Å². The summed E-state index contributed by atoms with van der Waals surface area (Å²) in [5.74, 6) is 0.405. The topological polar surface area (TPSA) is 103 Å². The van der Waals surface area contributed by atoms with Crippen molar-refractivity contribution in [3.05, 3.63) is 77.4 Å². The van der Waals surface area contributed by atoms with Crippen LogP contribution in [0.2, 0.25) is 0 Å². The molecule has 2 saturated heterocycles. The van der Waals surface area contributed by atoms with E-state index in [0.717, 1.165) is 62.4 Å². The van der Waals surface area contributed by atoms with Gasteiger partial charge in [-0.3, -0.25) is 4.79 Å². The maximum Gasteiger partial charge on any atom is 0.270 e. The number of amides is 1. The van der Waals surface area contributed by atoms with Crippen molar-refractivity contribution in [3.8, 4) is 11.4 Å². The number of ether oxygens (including phenoxy) is 2. The summed E-state index contributed by atoms with van der Waals surface area (Å²) in [5.41, 5.74) is 10.7. The number of nitrogens with zero attached hydrogens (tertiary/aromatic N) is 3. The van der Waals surface area contributed by atoms with Crippen molar-refractivity contribution in [1.29, 1.82) is 0 Å². The average Bonchev–Trinajstić information content (AvgIpc) is 3.79. The number of hydrogen-bond donors (Lipinski definition) is 2. The van der Waals surface area contributed by atoms with Gasteiger partial charge in [0.2, 0.25) is 0 Å². The van der Waals surface area contributed by atoms with Crippen LogP contribution < -0.4 is 16.0 Å². The van der Waals surface area contributed by atoms with Crippen LogP contribution in [0.5, 0.6) is 0 Å². The summed E-state index contributed by atoms with van der Waals surface area (Å²) in [6.45, 7) is 4.42. The Hall–Kier alpha value is -3.11. The quantitative estimate of drug-likeness (QED) is 0.440. The van der Waals surface area contributed by atoms with Gasteiger partial charge in [-0.25, -0.2) is 14.4 Å². The molecule has 2 aliphatic heterocycles. The summed E-state index contributed by atoms with van der Waals surface area (Å²) >= 11 is 0. The van der Waals surface area contributed by atoms with Gasteiger partial charge in [0.15, 0.2) is 5.82 Å². The Morgan fingerprint density at radius 3 is 2.35 bits per heavy atom. The molecule has 3 fully saturated rings. The second kappa shape index (κ2) is 12.6. The Balaban J connectivity index is 0.00000323. The second-order valence-electron chi connectivity index (χ2n) is 10.6. The van der Waals surface area contributed by atoms with Gasteiger partial charge in [-0.1, -0.05) is 12.1 Å². The summed E-state index contributed by atoms with van der Waals surface area (Å²) < 4.78 is 24.3. The molecule has 1 aromatic heterocycles. The van der Waals surface area contributed by atoms with Crippen LogP contribution in [0.4, 0.5) is 10.1 Å². The number of carbonyl (C=O) groups is 1.